The van der Waals surface area contributed by atoms with Gasteiger partial charge in [0.25, 0.3) is 0 Å². The normalized spacial score (nSPS) is 16.3. The van der Waals surface area contributed by atoms with Crippen LogP contribution in [0, 0.1) is 11.8 Å². The van der Waals surface area contributed by atoms with Crippen molar-refractivity contribution in [2.75, 3.05) is 26.2 Å². The summed E-state index contributed by atoms with van der Waals surface area (Å²) in [6, 6.07) is 12.9. The predicted octanol–water partition coefficient (Wildman–Crippen LogP) is 1.57. The number of nitrogens with one attached hydrogen (secondary N) is 6. The molecule has 336 valence electrons. The van der Waals surface area contributed by atoms with E-state index in [2.05, 4.69) is 31.4 Å². The molecule has 0 aromatic heterocycles. The van der Waals surface area contributed by atoms with Gasteiger partial charge in [0.15, 0.2) is 0 Å². The standard InChI is InChI=1S/C42H59F3N8O8/c1-5-27(4)35(52-37(56)31(23-28-14-8-6-9-15-28)51-36(55)30(46)22-26(2)3)39(58)48-25-34(54)50-32(24-29-16-10-7-11-17-29)40(59)53-21-12-18-33(53)38(57)47-19-13-20-49-61-41(60)42(43,44)45/h6-11,14-17,26-27,30-33,35,49H,5,12-13,18-25,46H2,1-4H3,(H,47,57)(H,48,58)(H,50,54)(H,51,55)(H,52,56)/t27?,30-,31-,32-,33+,35-/m0/s1. The fourth-order valence-corrected chi connectivity index (χ4v) is 6.65. The maximum atomic E-state index is 14.0. The first-order chi connectivity index (χ1) is 28.9. The van der Waals surface area contributed by atoms with Gasteiger partial charge in [-0.3, -0.25) is 28.8 Å². The van der Waals surface area contributed by atoms with Crippen LogP contribution in [0.1, 0.15) is 70.9 Å². The van der Waals surface area contributed by atoms with E-state index in [1.54, 1.807) is 49.4 Å². The molecule has 0 spiro atoms. The zero-order valence-electron chi connectivity index (χ0n) is 35.0. The molecule has 1 aliphatic rings. The van der Waals surface area contributed by atoms with Crippen LogP contribution >= 0.6 is 0 Å². The van der Waals surface area contributed by atoms with E-state index < -0.39 is 90.3 Å². The zero-order valence-corrected chi connectivity index (χ0v) is 35.0. The van der Waals surface area contributed by atoms with Crippen LogP contribution in [0.4, 0.5) is 13.2 Å². The largest absolute Gasteiger partial charge is 0.492 e. The molecule has 2 aromatic rings. The molecule has 2 aromatic carbocycles. The molecular weight excluding hydrogens is 802 g/mol. The Morgan fingerprint density at radius 3 is 1.98 bits per heavy atom. The molecule has 1 heterocycles. The van der Waals surface area contributed by atoms with E-state index in [-0.39, 0.29) is 44.8 Å². The maximum absolute atomic E-state index is 14.0. The Balaban J connectivity index is 1.67. The van der Waals surface area contributed by atoms with E-state index >= 15 is 0 Å². The molecule has 0 aliphatic carbocycles. The predicted molar refractivity (Wildman–Crippen MR) is 218 cm³/mol. The number of nitrogens with two attached hydrogens (primary N) is 1. The second-order valence-electron chi connectivity index (χ2n) is 15.5. The maximum Gasteiger partial charge on any atom is 0.492 e. The molecule has 3 rings (SSSR count). The van der Waals surface area contributed by atoms with Crippen LogP contribution in [0.5, 0.6) is 0 Å². The Bertz CT molecular complexity index is 1770. The van der Waals surface area contributed by atoms with Crippen molar-refractivity contribution in [1.29, 1.82) is 0 Å². The number of hydrogen-bond donors (Lipinski definition) is 7. The highest BCUT2D eigenvalue weighted by molar-refractivity contribution is 5.96. The minimum Gasteiger partial charge on any atom is -0.364 e. The number of carbonyl (C=O) groups is 7. The zero-order chi connectivity index (χ0) is 45.1. The summed E-state index contributed by atoms with van der Waals surface area (Å²) in [6.45, 7) is 6.94. The van der Waals surface area contributed by atoms with E-state index in [0.29, 0.717) is 31.2 Å². The summed E-state index contributed by atoms with van der Waals surface area (Å²) in [6.07, 6.45) is -3.16. The summed E-state index contributed by atoms with van der Waals surface area (Å²) in [5.41, 5.74) is 9.50. The smallest absolute Gasteiger partial charge is 0.364 e. The number of alkyl halides is 3. The minimum absolute atomic E-state index is 0.00465. The molecule has 1 aliphatic heterocycles. The second kappa shape index (κ2) is 24.6. The van der Waals surface area contributed by atoms with E-state index in [1.807, 2.05) is 44.5 Å². The Kier molecular flexibility index (Phi) is 20.1. The molecule has 1 saturated heterocycles. The van der Waals surface area contributed by atoms with E-state index in [4.69, 9.17) is 5.73 Å². The third kappa shape index (κ3) is 16.8. The van der Waals surface area contributed by atoms with Crippen LogP contribution in [0.3, 0.4) is 0 Å². The van der Waals surface area contributed by atoms with Crippen LogP contribution in [0.25, 0.3) is 0 Å². The van der Waals surface area contributed by atoms with Gasteiger partial charge in [-0.15, -0.1) is 0 Å². The molecule has 61 heavy (non-hydrogen) atoms. The molecule has 6 amide bonds. The molecule has 8 N–H and O–H groups in total. The van der Waals surface area contributed by atoms with Crippen molar-refractivity contribution in [2.45, 2.75) is 109 Å². The molecule has 1 fully saturated rings. The molecule has 0 saturated carbocycles. The van der Waals surface area contributed by atoms with Crippen LogP contribution in [0.15, 0.2) is 60.7 Å². The van der Waals surface area contributed by atoms with Crippen LogP contribution < -0.4 is 37.8 Å². The average Bonchev–Trinajstić information content (AvgIpc) is 3.72. The lowest BCUT2D eigenvalue weighted by Crippen LogP contribution is -2.59. The van der Waals surface area contributed by atoms with Gasteiger partial charge in [-0.2, -0.15) is 18.7 Å². The average molecular weight is 861 g/mol. The second-order valence-corrected chi connectivity index (χ2v) is 15.5. The molecule has 6 atom stereocenters. The number of hydrogen-bond acceptors (Lipinski definition) is 10. The number of likely N-dealkylation sites (tertiary alicyclic amines) is 1. The van der Waals surface area contributed by atoms with Gasteiger partial charge in [0.05, 0.1) is 12.6 Å². The molecule has 0 bridgehead atoms. The highest BCUT2D eigenvalue weighted by atomic mass is 19.4. The minimum atomic E-state index is -5.15. The van der Waals surface area contributed by atoms with Crippen LogP contribution in [0.2, 0.25) is 0 Å². The van der Waals surface area contributed by atoms with Gasteiger partial charge in [-0.25, -0.2) is 4.79 Å². The van der Waals surface area contributed by atoms with Crippen molar-refractivity contribution >= 4 is 41.4 Å². The molecule has 16 nitrogen and oxygen atoms in total. The fourth-order valence-electron chi connectivity index (χ4n) is 6.65. The SMILES string of the molecule is CCC(C)[C@H](NC(=O)[C@H](Cc1ccccc1)NC(=O)[C@@H](N)CC(C)C)C(=O)NCC(=O)N[C@@H](Cc1ccccc1)C(=O)N1CCC[C@@H]1C(=O)NCCCNOC(=O)C(F)(F)F. The lowest BCUT2D eigenvalue weighted by atomic mass is 9.97. The highest BCUT2D eigenvalue weighted by Gasteiger charge is 2.41. The van der Waals surface area contributed by atoms with Crippen molar-refractivity contribution in [3.05, 3.63) is 71.8 Å². The first kappa shape index (κ1) is 49.8. The van der Waals surface area contributed by atoms with Crippen molar-refractivity contribution in [3.8, 4) is 0 Å². The quantitative estimate of drug-likeness (QED) is 0.0630. The van der Waals surface area contributed by atoms with Crippen molar-refractivity contribution in [1.82, 2.24) is 37.0 Å². The Morgan fingerprint density at radius 1 is 0.803 bits per heavy atom. The van der Waals surface area contributed by atoms with Gasteiger partial charge in [0, 0.05) is 32.5 Å². The summed E-state index contributed by atoms with van der Waals surface area (Å²) in [5, 5.41) is 13.4. The molecule has 0 radical (unpaired) electrons. The Hall–Kier alpha value is -5.56. The molecular formula is C42H59F3N8O8. The van der Waals surface area contributed by atoms with Crippen LogP contribution in [-0.2, 0) is 51.2 Å². The third-order valence-electron chi connectivity index (χ3n) is 10.1. The number of rotatable bonds is 23. The summed E-state index contributed by atoms with van der Waals surface area (Å²) < 4.78 is 36.9. The number of nitrogens with zero attached hydrogens (tertiary/aromatic N) is 1. The van der Waals surface area contributed by atoms with Gasteiger partial charge >= 0.3 is 12.1 Å². The summed E-state index contributed by atoms with van der Waals surface area (Å²) in [5.74, 6) is -6.17. The first-order valence-corrected chi connectivity index (χ1v) is 20.5. The third-order valence-corrected chi connectivity index (χ3v) is 10.1. The van der Waals surface area contributed by atoms with Crippen molar-refractivity contribution in [2.24, 2.45) is 17.6 Å². The van der Waals surface area contributed by atoms with E-state index in [0.717, 1.165) is 5.56 Å². The number of hydroxylamine groups is 1. The van der Waals surface area contributed by atoms with Gasteiger partial charge in [-0.05, 0) is 48.6 Å². The molecule has 19 heteroatoms. The first-order valence-electron chi connectivity index (χ1n) is 20.5. The van der Waals surface area contributed by atoms with Crippen molar-refractivity contribution < 1.29 is 51.6 Å². The highest BCUT2D eigenvalue weighted by Crippen LogP contribution is 2.20. The number of benzene rings is 2. The van der Waals surface area contributed by atoms with E-state index in [9.17, 15) is 46.7 Å². The monoisotopic (exact) mass is 860 g/mol. The number of amides is 6. The van der Waals surface area contributed by atoms with Gasteiger partial charge < -0.3 is 42.1 Å². The lowest BCUT2D eigenvalue weighted by molar-refractivity contribution is -0.206. The fraction of sp³-hybridized carbons (Fsp3) is 0.548. The summed E-state index contributed by atoms with van der Waals surface area (Å²) >= 11 is 0. The number of halogens is 3. The van der Waals surface area contributed by atoms with Crippen LogP contribution in [-0.4, -0.2) is 109 Å². The van der Waals surface area contributed by atoms with Crippen molar-refractivity contribution in [3.63, 3.8) is 0 Å². The molecule has 1 unspecified atom stereocenters. The summed E-state index contributed by atoms with van der Waals surface area (Å²) in [4.78, 5) is 97.2. The number of carbonyl (C=O) groups excluding carboxylic acids is 7. The van der Waals surface area contributed by atoms with Gasteiger partial charge in [0.2, 0.25) is 35.4 Å². The van der Waals surface area contributed by atoms with Gasteiger partial charge in [-0.1, -0.05) is 94.8 Å². The van der Waals surface area contributed by atoms with Gasteiger partial charge in [0.1, 0.15) is 24.2 Å². The summed E-state index contributed by atoms with van der Waals surface area (Å²) in [7, 11) is 0. The Morgan fingerprint density at radius 2 is 1.41 bits per heavy atom. The van der Waals surface area contributed by atoms with E-state index in [1.165, 1.54) is 4.90 Å². The Labute approximate surface area is 354 Å². The lowest BCUT2D eigenvalue weighted by Gasteiger charge is -2.29. The topological polar surface area (TPSA) is 230 Å².